The van der Waals surface area contributed by atoms with E-state index >= 15 is 0 Å². The third kappa shape index (κ3) is 3.67. The maximum absolute atomic E-state index is 11.2. The fourth-order valence-corrected chi connectivity index (χ4v) is 2.87. The van der Waals surface area contributed by atoms with Gasteiger partial charge < -0.3 is 19.7 Å². The third-order valence-electron chi connectivity index (χ3n) is 3.73. The minimum absolute atomic E-state index is 0.335. The van der Waals surface area contributed by atoms with Gasteiger partial charge in [0.2, 0.25) is 0 Å². The van der Waals surface area contributed by atoms with E-state index in [4.69, 9.17) is 21.1 Å². The predicted molar refractivity (Wildman–Crippen MR) is 83.0 cm³/mol. The molecule has 1 aliphatic rings. The van der Waals surface area contributed by atoms with E-state index in [1.165, 1.54) is 7.11 Å². The largest absolute Gasteiger partial charge is 0.493 e. The van der Waals surface area contributed by atoms with Crippen molar-refractivity contribution < 1.29 is 14.3 Å². The quantitative estimate of drug-likeness (QED) is 0.809. The monoisotopic (exact) mass is 312 g/mol. The van der Waals surface area contributed by atoms with Gasteiger partial charge in [0.05, 0.1) is 24.8 Å². The van der Waals surface area contributed by atoms with Crippen LogP contribution in [0, 0.1) is 0 Å². The molecule has 0 aliphatic carbocycles. The maximum Gasteiger partial charge on any atom is 0.173 e. The van der Waals surface area contributed by atoms with Crippen molar-refractivity contribution in [3.8, 4) is 11.5 Å². The Morgan fingerprint density at radius 3 is 2.52 bits per heavy atom. The number of nitrogens with one attached hydrogen (secondary N) is 1. The topological polar surface area (TPSA) is 50.8 Å². The molecule has 1 fully saturated rings. The van der Waals surface area contributed by atoms with Crippen molar-refractivity contribution in [2.45, 2.75) is 6.42 Å². The van der Waals surface area contributed by atoms with Crippen LogP contribution < -0.4 is 14.8 Å². The summed E-state index contributed by atoms with van der Waals surface area (Å²) in [5.41, 5.74) is 1.30. The highest BCUT2D eigenvalue weighted by Crippen LogP contribution is 2.38. The number of rotatable bonds is 6. The minimum Gasteiger partial charge on any atom is -0.493 e. The van der Waals surface area contributed by atoms with E-state index in [9.17, 15) is 4.79 Å². The van der Waals surface area contributed by atoms with Crippen LogP contribution in [-0.2, 0) is 6.42 Å². The van der Waals surface area contributed by atoms with Gasteiger partial charge in [0.15, 0.2) is 17.8 Å². The van der Waals surface area contributed by atoms with Crippen molar-refractivity contribution in [1.82, 2.24) is 10.2 Å². The van der Waals surface area contributed by atoms with E-state index in [2.05, 4.69) is 10.2 Å². The first-order valence-corrected chi connectivity index (χ1v) is 7.40. The summed E-state index contributed by atoms with van der Waals surface area (Å²) in [5.74, 6) is 1.01. The molecule has 1 N–H and O–H groups in total. The first-order valence-electron chi connectivity index (χ1n) is 7.02. The van der Waals surface area contributed by atoms with Gasteiger partial charge in [-0.15, -0.1) is 0 Å². The second kappa shape index (κ2) is 7.64. The van der Waals surface area contributed by atoms with Gasteiger partial charge in [-0.2, -0.15) is 0 Å². The van der Waals surface area contributed by atoms with Gasteiger partial charge in [-0.25, -0.2) is 0 Å². The van der Waals surface area contributed by atoms with E-state index < -0.39 is 0 Å². The van der Waals surface area contributed by atoms with E-state index in [1.54, 1.807) is 13.2 Å². The van der Waals surface area contributed by atoms with E-state index in [0.717, 1.165) is 44.7 Å². The van der Waals surface area contributed by atoms with Crippen LogP contribution in [0.25, 0.3) is 0 Å². The van der Waals surface area contributed by atoms with Crippen molar-refractivity contribution >= 4 is 17.9 Å². The number of ether oxygens (including phenoxy) is 2. The molecule has 0 spiro atoms. The molecule has 0 aromatic heterocycles. The fourth-order valence-electron chi connectivity index (χ4n) is 2.61. The van der Waals surface area contributed by atoms with Crippen molar-refractivity contribution in [2.24, 2.45) is 0 Å². The highest BCUT2D eigenvalue weighted by molar-refractivity contribution is 6.33. The lowest BCUT2D eigenvalue weighted by molar-refractivity contribution is 0.112. The molecule has 21 heavy (non-hydrogen) atoms. The summed E-state index contributed by atoms with van der Waals surface area (Å²) in [7, 11) is 3.09. The molecule has 0 atom stereocenters. The van der Waals surface area contributed by atoms with Gasteiger partial charge in [0.25, 0.3) is 0 Å². The summed E-state index contributed by atoms with van der Waals surface area (Å²) in [5, 5.41) is 3.73. The molecule has 1 aromatic rings. The van der Waals surface area contributed by atoms with Crippen LogP contribution in [0.4, 0.5) is 0 Å². The van der Waals surface area contributed by atoms with Gasteiger partial charge in [0.1, 0.15) is 0 Å². The summed E-state index contributed by atoms with van der Waals surface area (Å²) >= 11 is 6.17. The van der Waals surface area contributed by atoms with Crippen LogP contribution >= 0.6 is 11.6 Å². The van der Waals surface area contributed by atoms with Crippen LogP contribution in [0.3, 0.4) is 0 Å². The number of hydrogen-bond acceptors (Lipinski definition) is 5. The zero-order valence-electron chi connectivity index (χ0n) is 12.4. The van der Waals surface area contributed by atoms with Gasteiger partial charge in [-0.1, -0.05) is 11.6 Å². The number of aldehydes is 1. The molecule has 1 saturated heterocycles. The number of carbonyl (C=O) groups is 1. The Kier molecular flexibility index (Phi) is 5.85. The molecular weight excluding hydrogens is 292 g/mol. The van der Waals surface area contributed by atoms with Crippen molar-refractivity contribution in [1.29, 1.82) is 0 Å². The van der Waals surface area contributed by atoms with Crippen LogP contribution in [-0.4, -0.2) is 58.1 Å². The Labute approximate surface area is 130 Å². The maximum atomic E-state index is 11.2. The fraction of sp³-hybridized carbons (Fsp3) is 0.533. The van der Waals surface area contributed by atoms with Gasteiger partial charge in [0, 0.05) is 38.3 Å². The molecule has 116 valence electrons. The zero-order chi connectivity index (χ0) is 15.2. The summed E-state index contributed by atoms with van der Waals surface area (Å²) in [6, 6.07) is 1.80. The predicted octanol–water partition coefficient (Wildman–Crippen LogP) is 1.62. The third-order valence-corrected chi connectivity index (χ3v) is 4.05. The summed E-state index contributed by atoms with van der Waals surface area (Å²) < 4.78 is 10.7. The molecule has 0 unspecified atom stereocenters. The van der Waals surface area contributed by atoms with Gasteiger partial charge in [-0.05, 0) is 12.5 Å². The lowest BCUT2D eigenvalue weighted by atomic mass is 10.1. The number of halogens is 1. The normalized spacial score (nSPS) is 15.8. The number of carbonyl (C=O) groups excluding carboxylic acids is 1. The molecule has 1 aromatic carbocycles. The first-order chi connectivity index (χ1) is 10.2. The van der Waals surface area contributed by atoms with E-state index in [-0.39, 0.29) is 0 Å². The first kappa shape index (κ1) is 16.1. The van der Waals surface area contributed by atoms with Crippen molar-refractivity contribution in [2.75, 3.05) is 46.9 Å². The molecular formula is C15H21ClN2O3. The summed E-state index contributed by atoms with van der Waals surface area (Å²) in [6.07, 6.45) is 1.50. The summed E-state index contributed by atoms with van der Waals surface area (Å²) in [6.45, 7) is 5.05. The van der Waals surface area contributed by atoms with Gasteiger partial charge in [-0.3, -0.25) is 4.79 Å². The molecule has 0 bridgehead atoms. The Bertz CT molecular complexity index is 502. The molecule has 1 heterocycles. The van der Waals surface area contributed by atoms with Crippen LogP contribution in [0.5, 0.6) is 11.5 Å². The number of methoxy groups -OCH3 is 2. The van der Waals surface area contributed by atoms with Crippen LogP contribution in [0.2, 0.25) is 5.02 Å². The number of hydrogen-bond donors (Lipinski definition) is 1. The van der Waals surface area contributed by atoms with Gasteiger partial charge >= 0.3 is 0 Å². The Hall–Kier alpha value is -1.30. The van der Waals surface area contributed by atoms with Crippen LogP contribution in [0.1, 0.15) is 15.9 Å². The summed E-state index contributed by atoms with van der Waals surface area (Å²) in [4.78, 5) is 13.5. The smallest absolute Gasteiger partial charge is 0.173 e. The average Bonchev–Trinajstić information content (AvgIpc) is 2.53. The Balaban J connectivity index is 2.21. The molecule has 5 nitrogen and oxygen atoms in total. The Morgan fingerprint density at radius 2 is 1.95 bits per heavy atom. The highest BCUT2D eigenvalue weighted by Gasteiger charge is 2.19. The standard InChI is InChI=1S/C15H21ClN2O3/c1-20-14-11(3-6-18-7-4-17-5-8-18)9-13(16)12(10-19)15(14)21-2/h9-10,17H,3-8H2,1-2H3. The zero-order valence-corrected chi connectivity index (χ0v) is 13.2. The lowest BCUT2D eigenvalue weighted by Gasteiger charge is -2.27. The number of benzene rings is 1. The molecule has 2 rings (SSSR count). The van der Waals surface area contributed by atoms with E-state index in [0.29, 0.717) is 28.4 Å². The highest BCUT2D eigenvalue weighted by atomic mass is 35.5. The Morgan fingerprint density at radius 1 is 1.29 bits per heavy atom. The van der Waals surface area contributed by atoms with Crippen molar-refractivity contribution in [3.63, 3.8) is 0 Å². The van der Waals surface area contributed by atoms with Crippen LogP contribution in [0.15, 0.2) is 6.07 Å². The second-order valence-electron chi connectivity index (χ2n) is 4.96. The number of piperazine rings is 1. The number of nitrogens with zero attached hydrogens (tertiary/aromatic N) is 1. The molecule has 0 saturated carbocycles. The molecule has 1 aliphatic heterocycles. The lowest BCUT2D eigenvalue weighted by Crippen LogP contribution is -2.44. The average molecular weight is 313 g/mol. The molecule has 6 heteroatoms. The molecule has 0 amide bonds. The molecule has 0 radical (unpaired) electrons. The SMILES string of the molecule is COc1c(CCN2CCNCC2)cc(Cl)c(C=O)c1OC. The second-order valence-corrected chi connectivity index (χ2v) is 5.36. The minimum atomic E-state index is 0.335. The van der Waals surface area contributed by atoms with Crippen molar-refractivity contribution in [3.05, 3.63) is 22.2 Å². The van der Waals surface area contributed by atoms with E-state index in [1.807, 2.05) is 0 Å².